The second-order valence-electron chi connectivity index (χ2n) is 5.45. The number of anilines is 1. The summed E-state index contributed by atoms with van der Waals surface area (Å²) in [5.41, 5.74) is 7.11. The van der Waals surface area contributed by atoms with Gasteiger partial charge in [-0.25, -0.2) is 4.79 Å². The van der Waals surface area contributed by atoms with E-state index < -0.39 is 5.56 Å². The largest absolute Gasteiger partial charge is 0.488 e. The molecule has 2 N–H and O–H groups in total. The summed E-state index contributed by atoms with van der Waals surface area (Å²) in [4.78, 5) is 24.1. The fraction of sp³-hybridized carbons (Fsp3) is 0.333. The van der Waals surface area contributed by atoms with E-state index in [4.69, 9.17) is 10.5 Å². The van der Waals surface area contributed by atoms with E-state index in [2.05, 4.69) is 6.07 Å². The van der Waals surface area contributed by atoms with Gasteiger partial charge in [0.05, 0.1) is 6.54 Å². The fourth-order valence-electron chi connectivity index (χ4n) is 2.67. The van der Waals surface area contributed by atoms with E-state index in [1.807, 2.05) is 19.1 Å². The maximum absolute atomic E-state index is 12.1. The number of hydrogen-bond donors (Lipinski definition) is 1. The molecule has 0 spiro atoms. The molecule has 0 saturated carbocycles. The third-order valence-electron chi connectivity index (χ3n) is 3.70. The number of rotatable bonds is 2. The zero-order valence-corrected chi connectivity index (χ0v) is 12.0. The molecule has 110 valence electrons. The molecule has 0 bridgehead atoms. The van der Waals surface area contributed by atoms with Crippen LogP contribution in [0.4, 0.5) is 5.69 Å². The summed E-state index contributed by atoms with van der Waals surface area (Å²) in [6.45, 7) is 2.22. The summed E-state index contributed by atoms with van der Waals surface area (Å²) in [5, 5.41) is 0. The van der Waals surface area contributed by atoms with Crippen molar-refractivity contribution >= 4 is 5.69 Å². The van der Waals surface area contributed by atoms with Crippen LogP contribution in [0.25, 0.3) is 0 Å². The highest BCUT2D eigenvalue weighted by molar-refractivity contribution is 5.40. The molecule has 3 rings (SSSR count). The Hall–Kier alpha value is -2.50. The van der Waals surface area contributed by atoms with Crippen LogP contribution in [0, 0.1) is 6.92 Å². The van der Waals surface area contributed by atoms with Crippen molar-refractivity contribution < 1.29 is 4.74 Å². The first-order chi connectivity index (χ1) is 9.95. The van der Waals surface area contributed by atoms with Crippen molar-refractivity contribution in [1.29, 1.82) is 0 Å². The van der Waals surface area contributed by atoms with Crippen molar-refractivity contribution in [3.05, 3.63) is 56.4 Å². The summed E-state index contributed by atoms with van der Waals surface area (Å²) < 4.78 is 8.25. The number of fused-ring (bicyclic) bond motifs is 1. The molecular formula is C15H17N3O3. The van der Waals surface area contributed by atoms with Gasteiger partial charge < -0.3 is 15.0 Å². The predicted octanol–water partition coefficient (Wildman–Crippen LogP) is 0.441. The SMILES string of the molecule is Cc1ccc2c(c1)CC(Cn1c(=O)c(N)cn(C)c1=O)O2. The molecule has 0 radical (unpaired) electrons. The number of nitrogens with zero attached hydrogens (tertiary/aromatic N) is 2. The van der Waals surface area contributed by atoms with Gasteiger partial charge in [0.15, 0.2) is 0 Å². The summed E-state index contributed by atoms with van der Waals surface area (Å²) in [7, 11) is 1.57. The summed E-state index contributed by atoms with van der Waals surface area (Å²) >= 11 is 0. The third kappa shape index (κ3) is 2.33. The van der Waals surface area contributed by atoms with Gasteiger partial charge in [-0.3, -0.25) is 9.36 Å². The zero-order chi connectivity index (χ0) is 15.1. The number of ether oxygens (including phenoxy) is 1. The van der Waals surface area contributed by atoms with Crippen molar-refractivity contribution in [2.75, 3.05) is 5.73 Å². The Labute approximate surface area is 121 Å². The molecule has 0 aliphatic carbocycles. The average Bonchev–Trinajstić information content (AvgIpc) is 2.83. The van der Waals surface area contributed by atoms with Crippen molar-refractivity contribution in [3.63, 3.8) is 0 Å². The average molecular weight is 287 g/mol. The van der Waals surface area contributed by atoms with Crippen LogP contribution in [0.2, 0.25) is 0 Å². The lowest BCUT2D eigenvalue weighted by atomic mass is 10.1. The molecule has 1 aromatic carbocycles. The fourth-order valence-corrected chi connectivity index (χ4v) is 2.67. The van der Waals surface area contributed by atoms with Gasteiger partial charge in [0.2, 0.25) is 0 Å². The summed E-state index contributed by atoms with van der Waals surface area (Å²) in [6.07, 6.45) is 1.80. The van der Waals surface area contributed by atoms with E-state index in [1.54, 1.807) is 7.05 Å². The van der Waals surface area contributed by atoms with Crippen LogP contribution in [-0.4, -0.2) is 15.2 Å². The highest BCUT2D eigenvalue weighted by Gasteiger charge is 2.24. The van der Waals surface area contributed by atoms with Crippen LogP contribution in [-0.2, 0) is 20.0 Å². The summed E-state index contributed by atoms with van der Waals surface area (Å²) in [5.74, 6) is 0.819. The van der Waals surface area contributed by atoms with E-state index in [1.165, 1.54) is 10.8 Å². The lowest BCUT2D eigenvalue weighted by Gasteiger charge is -2.13. The zero-order valence-electron chi connectivity index (χ0n) is 12.0. The molecule has 21 heavy (non-hydrogen) atoms. The van der Waals surface area contributed by atoms with Gasteiger partial charge in [-0.15, -0.1) is 0 Å². The highest BCUT2D eigenvalue weighted by atomic mass is 16.5. The summed E-state index contributed by atoms with van der Waals surface area (Å²) in [6, 6.07) is 5.97. The number of nitrogen functional groups attached to an aromatic ring is 1. The lowest BCUT2D eigenvalue weighted by molar-refractivity contribution is 0.204. The smallest absolute Gasteiger partial charge is 0.330 e. The van der Waals surface area contributed by atoms with Crippen LogP contribution < -0.4 is 21.7 Å². The van der Waals surface area contributed by atoms with E-state index >= 15 is 0 Å². The Bertz CT molecular complexity index is 786. The molecule has 2 aromatic rings. The topological polar surface area (TPSA) is 79.2 Å². The first-order valence-corrected chi connectivity index (χ1v) is 6.78. The Kier molecular flexibility index (Phi) is 3.08. The molecule has 6 heteroatoms. The van der Waals surface area contributed by atoms with Crippen LogP contribution in [0.3, 0.4) is 0 Å². The number of aromatic nitrogens is 2. The number of nitrogens with two attached hydrogens (primary N) is 1. The molecule has 1 aliphatic heterocycles. The van der Waals surface area contributed by atoms with Gasteiger partial charge in [-0.1, -0.05) is 17.7 Å². The van der Waals surface area contributed by atoms with Crippen LogP contribution in [0.5, 0.6) is 5.75 Å². The highest BCUT2D eigenvalue weighted by Crippen LogP contribution is 2.29. The number of aryl methyl sites for hydroxylation is 2. The molecule has 1 unspecified atom stereocenters. The molecule has 1 atom stereocenters. The number of benzene rings is 1. The van der Waals surface area contributed by atoms with Crippen molar-refractivity contribution in [1.82, 2.24) is 9.13 Å². The molecule has 1 aromatic heterocycles. The van der Waals surface area contributed by atoms with Gasteiger partial charge in [0.1, 0.15) is 17.5 Å². The van der Waals surface area contributed by atoms with E-state index in [0.717, 1.165) is 21.4 Å². The molecule has 2 heterocycles. The Balaban J connectivity index is 1.91. The van der Waals surface area contributed by atoms with Crippen LogP contribution in [0.15, 0.2) is 34.0 Å². The number of hydrogen-bond acceptors (Lipinski definition) is 4. The van der Waals surface area contributed by atoms with Crippen molar-refractivity contribution in [2.45, 2.75) is 26.0 Å². The third-order valence-corrected chi connectivity index (χ3v) is 3.70. The molecule has 1 aliphatic rings. The lowest BCUT2D eigenvalue weighted by Crippen LogP contribution is -2.43. The minimum Gasteiger partial charge on any atom is -0.488 e. The molecule has 0 fully saturated rings. The maximum atomic E-state index is 12.1. The minimum absolute atomic E-state index is 0.0588. The molecule has 6 nitrogen and oxygen atoms in total. The van der Waals surface area contributed by atoms with Gasteiger partial charge >= 0.3 is 5.69 Å². The van der Waals surface area contributed by atoms with Crippen molar-refractivity contribution in [2.24, 2.45) is 7.05 Å². The van der Waals surface area contributed by atoms with Gasteiger partial charge in [0.25, 0.3) is 5.56 Å². The Morgan fingerprint density at radius 3 is 2.90 bits per heavy atom. The van der Waals surface area contributed by atoms with Crippen LogP contribution >= 0.6 is 0 Å². The molecular weight excluding hydrogens is 270 g/mol. The normalized spacial score (nSPS) is 16.6. The van der Waals surface area contributed by atoms with Gasteiger partial charge in [-0.2, -0.15) is 0 Å². The first kappa shape index (κ1) is 13.5. The molecule has 0 saturated heterocycles. The minimum atomic E-state index is -0.464. The van der Waals surface area contributed by atoms with Crippen molar-refractivity contribution in [3.8, 4) is 5.75 Å². The molecule has 0 amide bonds. The first-order valence-electron chi connectivity index (χ1n) is 6.78. The second kappa shape index (κ2) is 4.80. The quantitative estimate of drug-likeness (QED) is 0.869. The van der Waals surface area contributed by atoms with E-state index in [0.29, 0.717) is 6.42 Å². The second-order valence-corrected chi connectivity index (χ2v) is 5.45. The van der Waals surface area contributed by atoms with Gasteiger partial charge in [-0.05, 0) is 18.6 Å². The maximum Gasteiger partial charge on any atom is 0.330 e. The van der Waals surface area contributed by atoms with Gasteiger partial charge in [0, 0.05) is 19.7 Å². The Morgan fingerprint density at radius 1 is 1.38 bits per heavy atom. The standard InChI is InChI=1S/C15H17N3O3/c1-9-3-4-13-10(5-9)6-11(21-13)7-18-14(19)12(16)8-17(2)15(18)20/h3-5,8,11H,6-7,16H2,1-2H3. The van der Waals surface area contributed by atoms with Crippen LogP contribution in [0.1, 0.15) is 11.1 Å². The predicted molar refractivity (Wildman–Crippen MR) is 79.7 cm³/mol. The van der Waals surface area contributed by atoms with E-state index in [-0.39, 0.29) is 24.0 Å². The van der Waals surface area contributed by atoms with E-state index in [9.17, 15) is 9.59 Å². The monoisotopic (exact) mass is 287 g/mol. The Morgan fingerprint density at radius 2 is 2.14 bits per heavy atom.